The van der Waals surface area contributed by atoms with Crippen LogP contribution in [0, 0.1) is 5.41 Å². The van der Waals surface area contributed by atoms with Crippen molar-refractivity contribution >= 4 is 11.9 Å². The molecule has 0 bridgehead atoms. The Hall–Kier alpha value is -2.04. The highest BCUT2D eigenvalue weighted by molar-refractivity contribution is 5.75. The lowest BCUT2D eigenvalue weighted by Crippen LogP contribution is -2.31. The van der Waals surface area contributed by atoms with Gasteiger partial charge in [0.1, 0.15) is 5.75 Å². The Morgan fingerprint density at radius 2 is 1.75 bits per heavy atom. The molecule has 0 spiro atoms. The lowest BCUT2D eigenvalue weighted by atomic mass is 9.72. The van der Waals surface area contributed by atoms with Gasteiger partial charge in [-0.25, -0.2) is 0 Å². The molecule has 1 aromatic carbocycles. The Kier molecular flexibility index (Phi) is 5.13. The zero-order valence-electron chi connectivity index (χ0n) is 11.9. The van der Waals surface area contributed by atoms with Crippen LogP contribution < -0.4 is 4.74 Å². The van der Waals surface area contributed by atoms with Crippen molar-refractivity contribution in [3.63, 3.8) is 0 Å². The second-order valence-electron chi connectivity index (χ2n) is 5.28. The first-order valence-corrected chi connectivity index (χ1v) is 6.38. The number of ether oxygens (including phenoxy) is 1. The first-order chi connectivity index (χ1) is 9.28. The highest BCUT2D eigenvalue weighted by Gasteiger charge is 2.37. The molecule has 0 saturated carbocycles. The third-order valence-electron chi connectivity index (χ3n) is 3.59. The molecule has 1 rings (SSSR count). The number of hydrogen-bond donors (Lipinski definition) is 2. The van der Waals surface area contributed by atoms with Gasteiger partial charge in [-0.15, -0.1) is 0 Å². The molecule has 0 heterocycles. The second kappa shape index (κ2) is 6.41. The van der Waals surface area contributed by atoms with Crippen LogP contribution in [0.5, 0.6) is 5.75 Å². The Labute approximate surface area is 118 Å². The number of carbonyl (C=O) groups is 2. The van der Waals surface area contributed by atoms with E-state index in [1.54, 1.807) is 45.2 Å². The van der Waals surface area contributed by atoms with Crippen LogP contribution in [0.1, 0.15) is 38.2 Å². The number of carboxylic acid groups (broad SMARTS) is 2. The van der Waals surface area contributed by atoms with Crippen LogP contribution in [0.4, 0.5) is 0 Å². The second-order valence-corrected chi connectivity index (χ2v) is 5.28. The van der Waals surface area contributed by atoms with Gasteiger partial charge in [0.15, 0.2) is 0 Å². The minimum atomic E-state index is -1.04. The minimum Gasteiger partial charge on any atom is -0.497 e. The summed E-state index contributed by atoms with van der Waals surface area (Å²) in [6.45, 7) is 3.23. The standard InChI is InChI=1S/C15H20O5/c1-15(2,14(18)19)12(8-9-13(16)17)10-4-6-11(20-3)7-5-10/h4-7,12H,8-9H2,1-3H3,(H,16,17)(H,18,19)/t12-/m0/s1. The van der Waals surface area contributed by atoms with E-state index in [2.05, 4.69) is 0 Å². The molecule has 5 heteroatoms. The maximum Gasteiger partial charge on any atom is 0.309 e. The normalized spacial score (nSPS) is 12.8. The van der Waals surface area contributed by atoms with Crippen molar-refractivity contribution in [3.05, 3.63) is 29.8 Å². The molecule has 2 N–H and O–H groups in total. The smallest absolute Gasteiger partial charge is 0.309 e. The average molecular weight is 280 g/mol. The minimum absolute atomic E-state index is 0.0621. The molecule has 110 valence electrons. The number of carboxylic acids is 2. The van der Waals surface area contributed by atoms with Crippen molar-refractivity contribution in [1.29, 1.82) is 0 Å². The number of methoxy groups -OCH3 is 1. The maximum absolute atomic E-state index is 11.4. The molecule has 1 atom stereocenters. The van der Waals surface area contributed by atoms with E-state index in [9.17, 15) is 14.7 Å². The molecule has 20 heavy (non-hydrogen) atoms. The summed E-state index contributed by atoms with van der Waals surface area (Å²) in [4.78, 5) is 22.2. The predicted molar refractivity (Wildman–Crippen MR) is 74.0 cm³/mol. The molecule has 0 unspecified atom stereocenters. The van der Waals surface area contributed by atoms with Crippen molar-refractivity contribution in [2.75, 3.05) is 7.11 Å². The van der Waals surface area contributed by atoms with Crippen LogP contribution >= 0.6 is 0 Å². The number of aliphatic carboxylic acids is 2. The number of rotatable bonds is 7. The SMILES string of the molecule is COc1ccc([C@H](CCC(=O)O)C(C)(C)C(=O)O)cc1. The van der Waals surface area contributed by atoms with Gasteiger partial charge in [-0.2, -0.15) is 0 Å². The molecule has 5 nitrogen and oxygen atoms in total. The summed E-state index contributed by atoms with van der Waals surface area (Å²) in [7, 11) is 1.55. The fraction of sp³-hybridized carbons (Fsp3) is 0.467. The van der Waals surface area contributed by atoms with E-state index >= 15 is 0 Å². The van der Waals surface area contributed by atoms with Gasteiger partial charge in [-0.1, -0.05) is 12.1 Å². The zero-order valence-corrected chi connectivity index (χ0v) is 11.9. The molecular weight excluding hydrogens is 260 g/mol. The highest BCUT2D eigenvalue weighted by atomic mass is 16.5. The van der Waals surface area contributed by atoms with E-state index in [4.69, 9.17) is 9.84 Å². The molecule has 1 aromatic rings. The Morgan fingerprint density at radius 1 is 1.20 bits per heavy atom. The molecule has 0 radical (unpaired) electrons. The van der Waals surface area contributed by atoms with E-state index in [1.807, 2.05) is 0 Å². The van der Waals surface area contributed by atoms with Gasteiger partial charge in [0.25, 0.3) is 0 Å². The highest BCUT2D eigenvalue weighted by Crippen LogP contribution is 2.39. The van der Waals surface area contributed by atoms with Crippen molar-refractivity contribution in [3.8, 4) is 5.75 Å². The summed E-state index contributed by atoms with van der Waals surface area (Å²) in [6, 6.07) is 7.08. The van der Waals surface area contributed by atoms with E-state index < -0.39 is 17.4 Å². The molecule has 0 fully saturated rings. The summed E-state index contributed by atoms with van der Waals surface area (Å²) in [5.41, 5.74) is -0.233. The summed E-state index contributed by atoms with van der Waals surface area (Å²) in [5, 5.41) is 18.2. The van der Waals surface area contributed by atoms with Gasteiger partial charge in [0, 0.05) is 12.3 Å². The van der Waals surface area contributed by atoms with Crippen molar-refractivity contribution in [1.82, 2.24) is 0 Å². The van der Waals surface area contributed by atoms with E-state index in [1.165, 1.54) is 0 Å². The van der Waals surface area contributed by atoms with Gasteiger partial charge in [0.05, 0.1) is 12.5 Å². The summed E-state index contributed by atoms with van der Waals surface area (Å²) in [5.74, 6) is -1.56. The predicted octanol–water partition coefficient (Wildman–Crippen LogP) is 2.75. The molecule has 0 aliphatic carbocycles. The lowest BCUT2D eigenvalue weighted by Gasteiger charge is -2.30. The maximum atomic E-state index is 11.4. The summed E-state index contributed by atoms with van der Waals surface area (Å²) in [6.07, 6.45) is 0.217. The van der Waals surface area contributed by atoms with Crippen LogP contribution in [0.2, 0.25) is 0 Å². The van der Waals surface area contributed by atoms with Gasteiger partial charge < -0.3 is 14.9 Å². The van der Waals surface area contributed by atoms with Crippen molar-refractivity contribution in [2.24, 2.45) is 5.41 Å². The van der Waals surface area contributed by atoms with Crippen molar-refractivity contribution < 1.29 is 24.5 Å². The quantitative estimate of drug-likeness (QED) is 0.802. The molecule has 0 amide bonds. The Balaban J connectivity index is 3.08. The van der Waals surface area contributed by atoms with Crippen LogP contribution in [-0.2, 0) is 9.59 Å². The van der Waals surface area contributed by atoms with E-state index in [0.717, 1.165) is 5.56 Å². The van der Waals surface area contributed by atoms with Crippen molar-refractivity contribution in [2.45, 2.75) is 32.6 Å². The molecule has 0 aliphatic rings. The van der Waals surface area contributed by atoms with Crippen LogP contribution in [0.25, 0.3) is 0 Å². The first-order valence-electron chi connectivity index (χ1n) is 6.38. The topological polar surface area (TPSA) is 83.8 Å². The molecule has 0 aliphatic heterocycles. The van der Waals surface area contributed by atoms with Crippen LogP contribution in [0.15, 0.2) is 24.3 Å². The average Bonchev–Trinajstić information content (AvgIpc) is 2.38. The summed E-state index contributed by atoms with van der Waals surface area (Å²) >= 11 is 0. The van der Waals surface area contributed by atoms with Gasteiger partial charge in [-0.3, -0.25) is 9.59 Å². The Morgan fingerprint density at radius 3 is 2.15 bits per heavy atom. The Bertz CT molecular complexity index is 476. The lowest BCUT2D eigenvalue weighted by molar-refractivity contribution is -0.149. The number of hydrogen-bond acceptors (Lipinski definition) is 3. The molecule has 0 aromatic heterocycles. The van der Waals surface area contributed by atoms with E-state index in [-0.39, 0.29) is 18.8 Å². The first kappa shape index (κ1) is 16.0. The fourth-order valence-corrected chi connectivity index (χ4v) is 2.20. The molecule has 0 saturated heterocycles. The number of benzene rings is 1. The van der Waals surface area contributed by atoms with Crippen LogP contribution in [-0.4, -0.2) is 29.3 Å². The fourth-order valence-electron chi connectivity index (χ4n) is 2.20. The zero-order chi connectivity index (χ0) is 15.3. The van der Waals surface area contributed by atoms with E-state index in [0.29, 0.717) is 5.75 Å². The third-order valence-corrected chi connectivity index (χ3v) is 3.59. The van der Waals surface area contributed by atoms with Gasteiger partial charge >= 0.3 is 11.9 Å². The monoisotopic (exact) mass is 280 g/mol. The third kappa shape index (κ3) is 3.73. The van der Waals surface area contributed by atoms with Gasteiger partial charge in [0.2, 0.25) is 0 Å². The van der Waals surface area contributed by atoms with Gasteiger partial charge in [-0.05, 0) is 38.0 Å². The molecular formula is C15H20O5. The summed E-state index contributed by atoms with van der Waals surface area (Å²) < 4.78 is 5.07. The van der Waals surface area contributed by atoms with Crippen LogP contribution in [0.3, 0.4) is 0 Å². The largest absolute Gasteiger partial charge is 0.497 e.